The van der Waals surface area contributed by atoms with Gasteiger partial charge in [-0.1, -0.05) is 6.92 Å². The second-order valence-electron chi connectivity index (χ2n) is 8.58. The first-order valence-corrected chi connectivity index (χ1v) is 11.1. The lowest BCUT2D eigenvalue weighted by Crippen LogP contribution is -2.44. The molecule has 10 nitrogen and oxygen atoms in total. The van der Waals surface area contributed by atoms with Gasteiger partial charge in [-0.05, 0) is 30.7 Å². The molecule has 3 aromatic rings. The second kappa shape index (κ2) is 8.02. The van der Waals surface area contributed by atoms with Crippen LogP contribution in [0, 0.1) is 0 Å². The average molecular weight is 478 g/mol. The number of fused-ring (bicyclic) bond motifs is 5. The molecule has 2 aromatic heterocycles. The third-order valence-electron chi connectivity index (χ3n) is 6.43. The Labute approximate surface area is 199 Å². The van der Waals surface area contributed by atoms with E-state index in [0.717, 1.165) is 0 Å². The maximum atomic E-state index is 13.3. The predicted molar refractivity (Wildman–Crippen MR) is 121 cm³/mol. The van der Waals surface area contributed by atoms with Crippen LogP contribution >= 0.6 is 0 Å². The molecule has 1 atom stereocenters. The molecule has 0 aliphatic carbocycles. The van der Waals surface area contributed by atoms with Crippen molar-refractivity contribution in [3.05, 3.63) is 56.9 Å². The molecule has 1 N–H and O–H groups in total. The Morgan fingerprint density at radius 1 is 1.20 bits per heavy atom. The van der Waals surface area contributed by atoms with Crippen LogP contribution in [-0.2, 0) is 49.2 Å². The molecule has 0 bridgehead atoms. The maximum Gasteiger partial charge on any atom is 0.343 e. The number of cyclic esters (lactones) is 1. The zero-order valence-electron chi connectivity index (χ0n) is 19.3. The van der Waals surface area contributed by atoms with Gasteiger partial charge in [-0.25, -0.2) is 9.78 Å². The molecule has 4 heterocycles. The van der Waals surface area contributed by atoms with Gasteiger partial charge in [-0.3, -0.25) is 14.4 Å². The minimum atomic E-state index is -1.90. The van der Waals surface area contributed by atoms with E-state index in [1.165, 1.54) is 18.4 Å². The van der Waals surface area contributed by atoms with Crippen molar-refractivity contribution in [2.45, 2.75) is 52.6 Å². The van der Waals surface area contributed by atoms with Crippen molar-refractivity contribution in [3.8, 4) is 17.1 Å². The van der Waals surface area contributed by atoms with E-state index < -0.39 is 23.5 Å². The predicted octanol–water partition coefficient (Wildman–Crippen LogP) is 2.07. The van der Waals surface area contributed by atoms with Crippen molar-refractivity contribution in [1.29, 1.82) is 0 Å². The highest BCUT2D eigenvalue weighted by Crippen LogP contribution is 2.39. The number of ether oxygens (including phenoxy) is 3. The number of esters is 3. The molecule has 180 valence electrons. The number of aromatic nitrogens is 2. The first kappa shape index (κ1) is 22.7. The van der Waals surface area contributed by atoms with E-state index in [1.807, 2.05) is 6.07 Å². The van der Waals surface area contributed by atoms with Gasteiger partial charge >= 0.3 is 17.9 Å². The summed E-state index contributed by atoms with van der Waals surface area (Å²) in [6.45, 7) is 4.08. The van der Waals surface area contributed by atoms with Gasteiger partial charge < -0.3 is 23.9 Å². The number of rotatable bonds is 4. The summed E-state index contributed by atoms with van der Waals surface area (Å²) < 4.78 is 17.1. The molecule has 10 heteroatoms. The monoisotopic (exact) mass is 478 g/mol. The first-order chi connectivity index (χ1) is 16.6. The van der Waals surface area contributed by atoms with Crippen LogP contribution in [-0.4, -0.2) is 32.6 Å². The van der Waals surface area contributed by atoms with E-state index in [1.54, 1.807) is 25.1 Å². The molecule has 35 heavy (non-hydrogen) atoms. The maximum absolute atomic E-state index is 13.3. The average Bonchev–Trinajstić information content (AvgIpc) is 3.17. The summed E-state index contributed by atoms with van der Waals surface area (Å²) in [5.74, 6) is -1.55. The zero-order chi connectivity index (χ0) is 25.1. The highest BCUT2D eigenvalue weighted by atomic mass is 16.6. The summed E-state index contributed by atoms with van der Waals surface area (Å²) in [6.07, 6.45) is 0.0537. The molecule has 0 fully saturated rings. The molecular formula is C25H22N2O8. The molecule has 1 aromatic carbocycles. The number of aliphatic hydroxyl groups is 1. The summed E-state index contributed by atoms with van der Waals surface area (Å²) >= 11 is 0. The largest absolute Gasteiger partial charge is 0.461 e. The van der Waals surface area contributed by atoms with E-state index in [-0.39, 0.29) is 48.6 Å². The second-order valence-corrected chi connectivity index (χ2v) is 8.58. The van der Waals surface area contributed by atoms with Crippen LogP contribution in [0.25, 0.3) is 22.3 Å². The van der Waals surface area contributed by atoms with Gasteiger partial charge in [0.25, 0.3) is 5.56 Å². The van der Waals surface area contributed by atoms with Crippen LogP contribution in [0.2, 0.25) is 0 Å². The Bertz CT molecular complexity index is 1510. The Morgan fingerprint density at radius 3 is 2.66 bits per heavy atom. The number of pyridine rings is 2. The lowest BCUT2D eigenvalue weighted by molar-refractivity contribution is -0.172. The molecule has 2 aliphatic heterocycles. The summed E-state index contributed by atoms with van der Waals surface area (Å²) in [4.78, 5) is 53.4. The molecular weight excluding hydrogens is 456 g/mol. The summed E-state index contributed by atoms with van der Waals surface area (Å²) in [7, 11) is 0. The number of hydrogen-bond donors (Lipinski definition) is 1. The Balaban J connectivity index is 1.71. The third-order valence-corrected chi connectivity index (χ3v) is 6.43. The van der Waals surface area contributed by atoms with Gasteiger partial charge in [0, 0.05) is 35.9 Å². The van der Waals surface area contributed by atoms with Crippen molar-refractivity contribution in [1.82, 2.24) is 9.55 Å². The van der Waals surface area contributed by atoms with E-state index in [0.29, 0.717) is 33.4 Å². The quantitative estimate of drug-likeness (QED) is 0.345. The fourth-order valence-corrected chi connectivity index (χ4v) is 4.66. The van der Waals surface area contributed by atoms with Crippen LogP contribution < -0.4 is 10.3 Å². The van der Waals surface area contributed by atoms with Crippen molar-refractivity contribution >= 4 is 28.8 Å². The molecule has 0 radical (unpaired) electrons. The normalized spacial score (nSPS) is 17.9. The van der Waals surface area contributed by atoms with E-state index in [2.05, 4.69) is 0 Å². The molecule has 0 saturated heterocycles. The SMILES string of the molecule is CC[C@@]1(O)C(=O)OCc2c1cc1n(c2=O)Cc2cc3c(COC(C)=O)c(OC(C)=O)ccc3nc2-1. The minimum absolute atomic E-state index is 0.0537. The molecule has 0 unspecified atom stereocenters. The molecule has 0 saturated carbocycles. The van der Waals surface area contributed by atoms with Crippen molar-refractivity contribution < 1.29 is 33.7 Å². The van der Waals surface area contributed by atoms with Gasteiger partial charge in [0.05, 0.1) is 29.0 Å². The van der Waals surface area contributed by atoms with Gasteiger partial charge in [0.1, 0.15) is 19.0 Å². The highest BCUT2D eigenvalue weighted by Gasteiger charge is 2.45. The third kappa shape index (κ3) is 3.48. The highest BCUT2D eigenvalue weighted by molar-refractivity contribution is 5.90. The van der Waals surface area contributed by atoms with Crippen molar-refractivity contribution in [2.75, 3.05) is 0 Å². The van der Waals surface area contributed by atoms with Crippen LogP contribution in [0.4, 0.5) is 0 Å². The lowest BCUT2D eigenvalue weighted by Gasteiger charge is -2.31. The molecule has 0 spiro atoms. The van der Waals surface area contributed by atoms with Gasteiger partial charge in [-0.15, -0.1) is 0 Å². The van der Waals surface area contributed by atoms with Crippen LogP contribution in [0.1, 0.15) is 49.4 Å². The number of benzene rings is 1. The van der Waals surface area contributed by atoms with Crippen LogP contribution in [0.5, 0.6) is 5.75 Å². The van der Waals surface area contributed by atoms with E-state index in [9.17, 15) is 24.3 Å². The minimum Gasteiger partial charge on any atom is -0.461 e. The number of nitrogens with zero attached hydrogens (tertiary/aromatic N) is 2. The molecule has 2 aliphatic rings. The molecule has 0 amide bonds. The Morgan fingerprint density at radius 2 is 1.97 bits per heavy atom. The van der Waals surface area contributed by atoms with E-state index in [4.69, 9.17) is 19.2 Å². The standard InChI is InChI=1S/C25H22N2O8/c1-4-25(32)18-8-20-22-14(9-27(20)23(30)17(18)11-34-24(25)31)7-15-16(10-33-12(2)28)21(35-13(3)29)6-5-19(15)26-22/h5-8,32H,4,9-11H2,1-3H3/t25-/m0/s1. The smallest absolute Gasteiger partial charge is 0.343 e. The van der Waals surface area contributed by atoms with Gasteiger partial charge in [-0.2, -0.15) is 0 Å². The number of carbonyl (C=O) groups excluding carboxylic acids is 3. The van der Waals surface area contributed by atoms with E-state index >= 15 is 0 Å². The Hall–Kier alpha value is -4.05. The summed E-state index contributed by atoms with van der Waals surface area (Å²) in [5.41, 5.74) is 0.957. The number of carbonyl (C=O) groups is 3. The van der Waals surface area contributed by atoms with Crippen molar-refractivity contribution in [2.24, 2.45) is 0 Å². The lowest BCUT2D eigenvalue weighted by atomic mass is 9.86. The fourth-order valence-electron chi connectivity index (χ4n) is 4.66. The molecule has 5 rings (SSSR count). The van der Waals surface area contributed by atoms with Crippen LogP contribution in [0.15, 0.2) is 29.1 Å². The Kier molecular flexibility index (Phi) is 5.21. The topological polar surface area (TPSA) is 134 Å². The summed E-state index contributed by atoms with van der Waals surface area (Å²) in [6, 6.07) is 6.70. The fraction of sp³-hybridized carbons (Fsp3) is 0.320. The summed E-state index contributed by atoms with van der Waals surface area (Å²) in [5, 5.41) is 11.6. The van der Waals surface area contributed by atoms with Crippen molar-refractivity contribution in [3.63, 3.8) is 0 Å². The van der Waals surface area contributed by atoms with Crippen LogP contribution in [0.3, 0.4) is 0 Å². The van der Waals surface area contributed by atoms with Gasteiger partial charge in [0.15, 0.2) is 5.60 Å². The van der Waals surface area contributed by atoms with Gasteiger partial charge in [0.2, 0.25) is 0 Å². The number of hydrogen-bond acceptors (Lipinski definition) is 9. The first-order valence-electron chi connectivity index (χ1n) is 11.1. The zero-order valence-corrected chi connectivity index (χ0v) is 19.3.